The van der Waals surface area contributed by atoms with Gasteiger partial charge in [0.1, 0.15) is 5.54 Å². The van der Waals surface area contributed by atoms with Crippen LogP contribution in [-0.4, -0.2) is 17.5 Å². The number of rotatable bonds is 4. The van der Waals surface area contributed by atoms with E-state index in [0.717, 1.165) is 22.6 Å². The predicted octanol–water partition coefficient (Wildman–Crippen LogP) is 4.01. The number of carbonyl (C=O) groups excluding carboxylic acids is 1. The summed E-state index contributed by atoms with van der Waals surface area (Å²) < 4.78 is 0. The van der Waals surface area contributed by atoms with Gasteiger partial charge >= 0.3 is 6.09 Å². The summed E-state index contributed by atoms with van der Waals surface area (Å²) in [6.07, 6.45) is 6.15. The molecule has 4 nitrogen and oxygen atoms in total. The highest BCUT2D eigenvalue weighted by Crippen LogP contribution is 2.40. The van der Waals surface area contributed by atoms with Crippen molar-refractivity contribution in [2.24, 2.45) is 0 Å². The van der Waals surface area contributed by atoms with Crippen LogP contribution >= 0.6 is 0 Å². The fraction of sp³-hybridized carbons (Fsp3) is 0.238. The molecule has 126 valence electrons. The Kier molecular flexibility index (Phi) is 3.68. The van der Waals surface area contributed by atoms with Crippen LogP contribution in [0.2, 0.25) is 0 Å². The van der Waals surface area contributed by atoms with E-state index in [-0.39, 0.29) is 0 Å². The first kappa shape index (κ1) is 15.6. The summed E-state index contributed by atoms with van der Waals surface area (Å²) in [5.41, 5.74) is 3.97. The fourth-order valence-corrected chi connectivity index (χ4v) is 3.59. The van der Waals surface area contributed by atoms with E-state index in [2.05, 4.69) is 29.6 Å². The summed E-state index contributed by atoms with van der Waals surface area (Å²) in [5.74, 6) is 0.734. The minimum absolute atomic E-state index is 0.652. The van der Waals surface area contributed by atoms with Gasteiger partial charge in [0.15, 0.2) is 6.29 Å². The molecule has 1 saturated carbocycles. The van der Waals surface area contributed by atoms with Crippen molar-refractivity contribution in [1.29, 1.82) is 0 Å². The summed E-state index contributed by atoms with van der Waals surface area (Å²) in [5, 5.41) is 11.4. The summed E-state index contributed by atoms with van der Waals surface area (Å²) in [4.78, 5) is 22.8. The normalized spacial score (nSPS) is 21.4. The molecule has 2 aliphatic carbocycles. The molecule has 2 aromatic carbocycles. The molecular weight excluding hydrogens is 314 g/mol. The SMILES string of the molecule is O=C[C@]1(NC(=O)O)C=CCc2cc(-c3ccc(C4CC4)cc3)ccc21. The summed E-state index contributed by atoms with van der Waals surface area (Å²) in [7, 11) is 0. The van der Waals surface area contributed by atoms with Crippen molar-refractivity contribution in [3.63, 3.8) is 0 Å². The van der Waals surface area contributed by atoms with E-state index in [1.807, 2.05) is 24.3 Å². The lowest BCUT2D eigenvalue weighted by atomic mass is 9.81. The zero-order valence-corrected chi connectivity index (χ0v) is 13.7. The van der Waals surface area contributed by atoms with E-state index in [1.54, 1.807) is 6.08 Å². The van der Waals surface area contributed by atoms with Gasteiger partial charge in [0.2, 0.25) is 0 Å². The third-order valence-corrected chi connectivity index (χ3v) is 5.06. The third kappa shape index (κ3) is 2.84. The van der Waals surface area contributed by atoms with Gasteiger partial charge in [0.25, 0.3) is 0 Å². The summed E-state index contributed by atoms with van der Waals surface area (Å²) >= 11 is 0. The Morgan fingerprint density at radius 2 is 1.84 bits per heavy atom. The number of carboxylic acid groups (broad SMARTS) is 1. The number of carbonyl (C=O) groups is 2. The largest absolute Gasteiger partial charge is 0.465 e. The van der Waals surface area contributed by atoms with Gasteiger partial charge in [-0.15, -0.1) is 0 Å². The van der Waals surface area contributed by atoms with Crippen molar-refractivity contribution in [1.82, 2.24) is 5.32 Å². The van der Waals surface area contributed by atoms with Crippen LogP contribution in [0.3, 0.4) is 0 Å². The molecule has 0 unspecified atom stereocenters. The van der Waals surface area contributed by atoms with Crippen molar-refractivity contribution in [3.05, 3.63) is 71.3 Å². The zero-order chi connectivity index (χ0) is 17.4. The average Bonchev–Trinajstić information content (AvgIpc) is 3.46. The van der Waals surface area contributed by atoms with Gasteiger partial charge in [0.05, 0.1) is 0 Å². The maximum Gasteiger partial charge on any atom is 0.405 e. The maximum absolute atomic E-state index is 11.7. The first-order valence-electron chi connectivity index (χ1n) is 8.50. The number of nitrogens with one attached hydrogen (secondary N) is 1. The number of fused-ring (bicyclic) bond motifs is 1. The van der Waals surface area contributed by atoms with E-state index in [4.69, 9.17) is 5.11 Å². The van der Waals surface area contributed by atoms with Crippen LogP contribution in [0, 0.1) is 0 Å². The van der Waals surface area contributed by atoms with Crippen molar-refractivity contribution in [2.75, 3.05) is 0 Å². The Morgan fingerprint density at radius 3 is 2.48 bits per heavy atom. The molecule has 0 aromatic heterocycles. The second kappa shape index (κ2) is 5.88. The van der Waals surface area contributed by atoms with E-state index < -0.39 is 11.6 Å². The molecule has 0 spiro atoms. The molecule has 0 saturated heterocycles. The molecule has 0 radical (unpaired) electrons. The lowest BCUT2D eigenvalue weighted by Gasteiger charge is -2.30. The highest BCUT2D eigenvalue weighted by molar-refractivity contribution is 5.81. The Labute approximate surface area is 146 Å². The van der Waals surface area contributed by atoms with E-state index >= 15 is 0 Å². The molecule has 4 heteroatoms. The molecule has 0 aliphatic heterocycles. The van der Waals surface area contributed by atoms with Crippen LogP contribution < -0.4 is 5.32 Å². The molecule has 25 heavy (non-hydrogen) atoms. The molecule has 0 heterocycles. The van der Waals surface area contributed by atoms with Gasteiger partial charge in [-0.1, -0.05) is 54.6 Å². The van der Waals surface area contributed by atoms with Crippen LogP contribution in [0.25, 0.3) is 11.1 Å². The number of benzene rings is 2. The van der Waals surface area contributed by atoms with Gasteiger partial charge in [-0.05, 0) is 53.0 Å². The topological polar surface area (TPSA) is 66.4 Å². The number of hydrogen-bond acceptors (Lipinski definition) is 2. The molecule has 1 amide bonds. The first-order chi connectivity index (χ1) is 12.1. The van der Waals surface area contributed by atoms with Crippen molar-refractivity contribution in [2.45, 2.75) is 30.7 Å². The van der Waals surface area contributed by atoms with Crippen LogP contribution in [0.1, 0.15) is 35.4 Å². The highest BCUT2D eigenvalue weighted by atomic mass is 16.4. The fourth-order valence-electron chi connectivity index (χ4n) is 3.59. The summed E-state index contributed by atoms with van der Waals surface area (Å²) in [6, 6.07) is 14.5. The number of allylic oxidation sites excluding steroid dienone is 1. The first-order valence-corrected chi connectivity index (χ1v) is 8.50. The number of hydrogen-bond donors (Lipinski definition) is 2. The molecule has 2 aliphatic rings. The Morgan fingerprint density at radius 1 is 1.12 bits per heavy atom. The molecule has 1 fully saturated rings. The zero-order valence-electron chi connectivity index (χ0n) is 13.7. The molecule has 0 bridgehead atoms. The lowest BCUT2D eigenvalue weighted by Crippen LogP contribution is -2.46. The molecular formula is C21H19NO3. The van der Waals surface area contributed by atoms with Crippen molar-refractivity contribution >= 4 is 12.4 Å². The standard InChI is InChI=1S/C21H19NO3/c23-13-21(22-20(24)25)11-1-2-18-12-17(9-10-19(18)21)16-7-5-15(6-8-16)14-3-4-14/h1,5-14,22H,2-4H2,(H,24,25)/t21-/m1/s1. The second-order valence-electron chi connectivity index (χ2n) is 6.79. The highest BCUT2D eigenvalue weighted by Gasteiger charge is 2.35. The molecule has 2 N–H and O–H groups in total. The lowest BCUT2D eigenvalue weighted by molar-refractivity contribution is -0.112. The van der Waals surface area contributed by atoms with Crippen molar-refractivity contribution < 1.29 is 14.7 Å². The minimum Gasteiger partial charge on any atom is -0.465 e. The third-order valence-electron chi connectivity index (χ3n) is 5.06. The Hall–Kier alpha value is -2.88. The number of aldehydes is 1. The second-order valence-corrected chi connectivity index (χ2v) is 6.79. The Balaban J connectivity index is 1.70. The minimum atomic E-state index is -1.30. The van der Waals surface area contributed by atoms with Gasteiger partial charge in [-0.25, -0.2) is 4.79 Å². The molecule has 2 aromatic rings. The molecule has 1 atom stereocenters. The Bertz CT molecular complexity index is 865. The summed E-state index contributed by atoms with van der Waals surface area (Å²) in [6.45, 7) is 0. The number of amides is 1. The smallest absolute Gasteiger partial charge is 0.405 e. The van der Waals surface area contributed by atoms with Gasteiger partial charge in [-0.2, -0.15) is 0 Å². The van der Waals surface area contributed by atoms with Crippen molar-refractivity contribution in [3.8, 4) is 11.1 Å². The van der Waals surface area contributed by atoms with E-state index in [9.17, 15) is 9.59 Å². The monoisotopic (exact) mass is 333 g/mol. The predicted molar refractivity (Wildman–Crippen MR) is 95.6 cm³/mol. The van der Waals surface area contributed by atoms with Gasteiger partial charge < -0.3 is 10.4 Å². The van der Waals surface area contributed by atoms with Crippen LogP contribution in [0.5, 0.6) is 0 Å². The van der Waals surface area contributed by atoms with E-state index in [1.165, 1.54) is 18.4 Å². The van der Waals surface area contributed by atoms with Gasteiger partial charge in [-0.3, -0.25) is 4.79 Å². The van der Waals surface area contributed by atoms with Crippen LogP contribution in [0.15, 0.2) is 54.6 Å². The van der Waals surface area contributed by atoms with Crippen LogP contribution in [0.4, 0.5) is 4.79 Å². The van der Waals surface area contributed by atoms with Gasteiger partial charge in [0, 0.05) is 0 Å². The quantitative estimate of drug-likeness (QED) is 0.656. The van der Waals surface area contributed by atoms with E-state index in [0.29, 0.717) is 18.3 Å². The average molecular weight is 333 g/mol. The maximum atomic E-state index is 11.7. The van der Waals surface area contributed by atoms with Crippen LogP contribution in [-0.2, 0) is 16.8 Å². The molecule has 4 rings (SSSR count).